The first-order chi connectivity index (χ1) is 17.0. The maximum absolute atomic E-state index is 14.1. The number of piperidine rings is 1. The topological polar surface area (TPSA) is 71.1 Å². The zero-order chi connectivity index (χ0) is 24.8. The van der Waals surface area contributed by atoms with Gasteiger partial charge in [0.05, 0.1) is 20.6 Å². The molecule has 7 nitrogen and oxygen atoms in total. The number of ether oxygens (including phenoxy) is 2. The van der Waals surface area contributed by atoms with Crippen LogP contribution in [0.4, 0.5) is 10.1 Å². The quantitative estimate of drug-likeness (QED) is 0.593. The fraction of sp³-hybridized carbons (Fsp3) is 0.481. The highest BCUT2D eigenvalue weighted by molar-refractivity contribution is 5.96. The lowest BCUT2D eigenvalue weighted by atomic mass is 10.00. The summed E-state index contributed by atoms with van der Waals surface area (Å²) in [6.45, 7) is 3.28. The number of rotatable bonds is 9. The Morgan fingerprint density at radius 3 is 2.57 bits per heavy atom. The van der Waals surface area contributed by atoms with Gasteiger partial charge >= 0.3 is 0 Å². The van der Waals surface area contributed by atoms with Crippen molar-refractivity contribution in [3.05, 3.63) is 53.3 Å². The molecule has 0 radical (unpaired) electrons. The third-order valence-electron chi connectivity index (χ3n) is 6.90. The average Bonchev–Trinajstić information content (AvgIpc) is 2.86. The molecule has 35 heavy (non-hydrogen) atoms. The van der Waals surface area contributed by atoms with E-state index in [1.54, 1.807) is 25.2 Å². The SMILES string of the molecule is COc1ccc(CC(=O)NC2CCN(CCCN3C(=O)CCc4c(F)cccc43)CC2)cc1OC. The summed E-state index contributed by atoms with van der Waals surface area (Å²) in [6.07, 6.45) is 3.76. The summed E-state index contributed by atoms with van der Waals surface area (Å²) in [5, 5.41) is 3.16. The standard InChI is InChI=1S/C27H34FN3O4/c1-34-24-9-7-19(17-25(24)35-2)18-26(32)29-20-11-15-30(16-12-20)13-4-14-31-23-6-3-5-22(28)21(23)8-10-27(31)33/h3,5-7,9,17,20H,4,8,10-16,18H2,1-2H3,(H,29,32). The van der Waals surface area contributed by atoms with Gasteiger partial charge in [-0.25, -0.2) is 4.39 Å². The minimum Gasteiger partial charge on any atom is -0.493 e. The highest BCUT2D eigenvalue weighted by Crippen LogP contribution is 2.30. The molecule has 2 amide bonds. The number of hydrogen-bond donors (Lipinski definition) is 1. The van der Waals surface area contributed by atoms with Crippen molar-refractivity contribution in [2.75, 3.05) is 45.3 Å². The molecule has 1 fully saturated rings. The number of nitrogens with one attached hydrogen (secondary N) is 1. The fourth-order valence-corrected chi connectivity index (χ4v) is 5.00. The van der Waals surface area contributed by atoms with E-state index in [-0.39, 0.29) is 23.7 Å². The number of halogens is 1. The Morgan fingerprint density at radius 2 is 1.83 bits per heavy atom. The summed E-state index contributed by atoms with van der Waals surface area (Å²) < 4.78 is 24.7. The molecule has 0 atom stereocenters. The Kier molecular flexibility index (Phi) is 8.23. The zero-order valence-electron chi connectivity index (χ0n) is 20.5. The Balaban J connectivity index is 1.20. The van der Waals surface area contributed by atoms with Crippen molar-refractivity contribution in [3.8, 4) is 11.5 Å². The molecule has 0 saturated carbocycles. The van der Waals surface area contributed by atoms with E-state index in [1.807, 2.05) is 24.3 Å². The predicted octanol–water partition coefficient (Wildman–Crippen LogP) is 3.34. The van der Waals surface area contributed by atoms with E-state index in [4.69, 9.17) is 9.47 Å². The number of likely N-dealkylation sites (tertiary alicyclic amines) is 1. The van der Waals surface area contributed by atoms with Gasteiger partial charge in [0.25, 0.3) is 0 Å². The monoisotopic (exact) mass is 483 g/mol. The number of carbonyl (C=O) groups excluding carboxylic acids is 2. The minimum absolute atomic E-state index is 0.00479. The lowest BCUT2D eigenvalue weighted by Crippen LogP contribution is -2.45. The van der Waals surface area contributed by atoms with Crippen LogP contribution in [0.2, 0.25) is 0 Å². The predicted molar refractivity (Wildman–Crippen MR) is 133 cm³/mol. The number of anilines is 1. The van der Waals surface area contributed by atoms with Gasteiger partial charge in [0.2, 0.25) is 11.8 Å². The maximum atomic E-state index is 14.1. The lowest BCUT2D eigenvalue weighted by molar-refractivity contribution is -0.121. The van der Waals surface area contributed by atoms with E-state index in [0.29, 0.717) is 42.9 Å². The molecule has 1 saturated heterocycles. The summed E-state index contributed by atoms with van der Waals surface area (Å²) in [5.74, 6) is 1.11. The first-order valence-electron chi connectivity index (χ1n) is 12.3. The van der Waals surface area contributed by atoms with E-state index in [1.165, 1.54) is 6.07 Å². The van der Waals surface area contributed by atoms with Crippen LogP contribution in [0, 0.1) is 5.82 Å². The second-order valence-corrected chi connectivity index (χ2v) is 9.19. The molecule has 8 heteroatoms. The third kappa shape index (κ3) is 6.11. The van der Waals surface area contributed by atoms with Crippen molar-refractivity contribution in [3.63, 3.8) is 0 Å². The molecule has 2 aliphatic rings. The molecule has 0 aromatic heterocycles. The van der Waals surface area contributed by atoms with Crippen LogP contribution >= 0.6 is 0 Å². The van der Waals surface area contributed by atoms with Gasteiger partial charge in [-0.3, -0.25) is 9.59 Å². The van der Waals surface area contributed by atoms with Crippen LogP contribution in [0.1, 0.15) is 36.8 Å². The molecule has 2 aromatic rings. The van der Waals surface area contributed by atoms with Gasteiger partial charge in [-0.15, -0.1) is 0 Å². The first-order valence-corrected chi connectivity index (χ1v) is 12.3. The molecule has 2 aromatic carbocycles. The number of carbonyl (C=O) groups is 2. The Bertz CT molecular complexity index is 1050. The molecule has 2 heterocycles. The molecule has 1 N–H and O–H groups in total. The highest BCUT2D eigenvalue weighted by Gasteiger charge is 2.26. The second kappa shape index (κ2) is 11.5. The number of benzene rings is 2. The van der Waals surface area contributed by atoms with Crippen LogP contribution in [0.15, 0.2) is 36.4 Å². The minimum atomic E-state index is -0.227. The Morgan fingerprint density at radius 1 is 1.06 bits per heavy atom. The molecule has 0 spiro atoms. The molecule has 0 unspecified atom stereocenters. The number of amides is 2. The van der Waals surface area contributed by atoms with Crippen molar-refractivity contribution in [2.45, 2.75) is 44.6 Å². The first kappa shape index (κ1) is 25.0. The van der Waals surface area contributed by atoms with Gasteiger partial charge < -0.3 is 24.6 Å². The van der Waals surface area contributed by atoms with Crippen molar-refractivity contribution in [2.24, 2.45) is 0 Å². The smallest absolute Gasteiger partial charge is 0.227 e. The van der Waals surface area contributed by atoms with Crippen LogP contribution in [0.3, 0.4) is 0 Å². The molecule has 188 valence electrons. The van der Waals surface area contributed by atoms with Crippen molar-refractivity contribution in [1.29, 1.82) is 0 Å². The number of fused-ring (bicyclic) bond motifs is 1. The van der Waals surface area contributed by atoms with Gasteiger partial charge in [0.15, 0.2) is 11.5 Å². The van der Waals surface area contributed by atoms with Gasteiger partial charge in [0, 0.05) is 43.3 Å². The van der Waals surface area contributed by atoms with Crippen molar-refractivity contribution >= 4 is 17.5 Å². The van der Waals surface area contributed by atoms with E-state index in [0.717, 1.165) is 50.1 Å². The average molecular weight is 484 g/mol. The fourth-order valence-electron chi connectivity index (χ4n) is 5.00. The number of nitrogens with zero attached hydrogens (tertiary/aromatic N) is 2. The van der Waals surface area contributed by atoms with Gasteiger partial charge in [-0.1, -0.05) is 12.1 Å². The Hall–Kier alpha value is -3.13. The van der Waals surface area contributed by atoms with Crippen molar-refractivity contribution < 1.29 is 23.5 Å². The van der Waals surface area contributed by atoms with E-state index < -0.39 is 0 Å². The van der Waals surface area contributed by atoms with Crippen LogP contribution in [-0.4, -0.2) is 63.2 Å². The number of hydrogen-bond acceptors (Lipinski definition) is 5. The summed E-state index contributed by atoms with van der Waals surface area (Å²) in [7, 11) is 3.17. The Labute approximate surface area is 206 Å². The van der Waals surface area contributed by atoms with E-state index >= 15 is 0 Å². The third-order valence-corrected chi connectivity index (χ3v) is 6.90. The molecular weight excluding hydrogens is 449 g/mol. The summed E-state index contributed by atoms with van der Waals surface area (Å²) in [4.78, 5) is 29.1. The second-order valence-electron chi connectivity index (χ2n) is 9.19. The largest absolute Gasteiger partial charge is 0.493 e. The molecule has 0 aliphatic carbocycles. The summed E-state index contributed by atoms with van der Waals surface area (Å²) >= 11 is 0. The van der Waals surface area contributed by atoms with Crippen LogP contribution in [0.5, 0.6) is 11.5 Å². The normalized spacial score (nSPS) is 16.7. The van der Waals surface area contributed by atoms with Crippen LogP contribution < -0.4 is 19.7 Å². The van der Waals surface area contributed by atoms with Crippen LogP contribution in [-0.2, 0) is 22.4 Å². The summed E-state index contributed by atoms with van der Waals surface area (Å²) in [5.41, 5.74) is 2.25. The molecular formula is C27H34FN3O4. The van der Waals surface area contributed by atoms with E-state index in [9.17, 15) is 14.0 Å². The zero-order valence-corrected chi connectivity index (χ0v) is 20.5. The molecule has 2 aliphatic heterocycles. The summed E-state index contributed by atoms with van der Waals surface area (Å²) in [6, 6.07) is 10.7. The highest BCUT2D eigenvalue weighted by atomic mass is 19.1. The lowest BCUT2D eigenvalue weighted by Gasteiger charge is -2.34. The van der Waals surface area contributed by atoms with E-state index in [2.05, 4.69) is 10.2 Å². The number of methoxy groups -OCH3 is 2. The van der Waals surface area contributed by atoms with Gasteiger partial charge in [-0.2, -0.15) is 0 Å². The molecule has 4 rings (SSSR count). The van der Waals surface area contributed by atoms with Gasteiger partial charge in [0.1, 0.15) is 5.82 Å². The van der Waals surface area contributed by atoms with Crippen LogP contribution in [0.25, 0.3) is 0 Å². The van der Waals surface area contributed by atoms with Gasteiger partial charge in [-0.05, 0) is 62.1 Å². The van der Waals surface area contributed by atoms with Crippen molar-refractivity contribution in [1.82, 2.24) is 10.2 Å². The molecule has 0 bridgehead atoms. The maximum Gasteiger partial charge on any atom is 0.227 e.